The average Bonchev–Trinajstić information content (AvgIpc) is 2.93. The van der Waals surface area contributed by atoms with Crippen LogP contribution in [-0.4, -0.2) is 40.7 Å². The van der Waals surface area contributed by atoms with Gasteiger partial charge in [-0.05, 0) is 30.5 Å². The summed E-state index contributed by atoms with van der Waals surface area (Å²) in [5, 5.41) is 11.5. The van der Waals surface area contributed by atoms with Crippen molar-refractivity contribution < 1.29 is 19.4 Å². The van der Waals surface area contributed by atoms with Crippen LogP contribution in [0.3, 0.4) is 0 Å². The maximum Gasteiger partial charge on any atom is 0.332 e. The topological polar surface area (TPSA) is 88.5 Å². The second-order valence-electron chi connectivity index (χ2n) is 4.53. The van der Waals surface area contributed by atoms with E-state index in [1.165, 1.54) is 6.08 Å². The van der Waals surface area contributed by atoms with Crippen LogP contribution in [0.1, 0.15) is 18.4 Å². The van der Waals surface area contributed by atoms with Crippen molar-refractivity contribution in [3.05, 3.63) is 36.2 Å². The first-order chi connectivity index (χ1) is 9.65. The van der Waals surface area contributed by atoms with E-state index in [4.69, 9.17) is 9.84 Å². The van der Waals surface area contributed by atoms with Gasteiger partial charge in [-0.2, -0.15) is 0 Å². The Labute approximate surface area is 116 Å². The molecule has 0 aliphatic carbocycles. The molecule has 1 aromatic rings. The number of carbonyl (C=O) groups is 2. The largest absolute Gasteiger partial charge is 0.479 e. The van der Waals surface area contributed by atoms with Gasteiger partial charge in [-0.25, -0.2) is 4.79 Å². The molecular formula is C14H16N2O4. The van der Waals surface area contributed by atoms with Crippen LogP contribution in [-0.2, 0) is 14.3 Å². The minimum atomic E-state index is -0.949. The van der Waals surface area contributed by atoms with E-state index in [0.717, 1.165) is 5.56 Å². The Morgan fingerprint density at radius 1 is 1.50 bits per heavy atom. The van der Waals surface area contributed by atoms with E-state index in [-0.39, 0.29) is 12.0 Å². The number of aromatic nitrogens is 1. The van der Waals surface area contributed by atoms with Crippen LogP contribution in [0.5, 0.6) is 0 Å². The third kappa shape index (κ3) is 4.17. The number of nitrogens with zero attached hydrogens (tertiary/aromatic N) is 1. The van der Waals surface area contributed by atoms with E-state index in [1.54, 1.807) is 24.5 Å². The lowest BCUT2D eigenvalue weighted by Crippen LogP contribution is -2.32. The predicted molar refractivity (Wildman–Crippen MR) is 71.8 cm³/mol. The van der Waals surface area contributed by atoms with Crippen molar-refractivity contribution in [2.75, 3.05) is 6.54 Å². The first-order valence-corrected chi connectivity index (χ1v) is 6.39. The van der Waals surface area contributed by atoms with Crippen LogP contribution >= 0.6 is 0 Å². The number of carbonyl (C=O) groups excluding carboxylic acids is 1. The number of hydrogen-bond donors (Lipinski definition) is 2. The van der Waals surface area contributed by atoms with E-state index in [0.29, 0.717) is 19.4 Å². The van der Waals surface area contributed by atoms with Crippen LogP contribution in [0.15, 0.2) is 30.6 Å². The molecule has 0 spiro atoms. The highest BCUT2D eigenvalue weighted by molar-refractivity contribution is 5.91. The van der Waals surface area contributed by atoms with Gasteiger partial charge in [0.1, 0.15) is 0 Å². The molecule has 1 aliphatic heterocycles. The van der Waals surface area contributed by atoms with Gasteiger partial charge in [-0.15, -0.1) is 0 Å². The fourth-order valence-electron chi connectivity index (χ4n) is 1.96. The van der Waals surface area contributed by atoms with Gasteiger partial charge in [-0.1, -0.05) is 6.07 Å². The number of carboxylic acids is 1. The predicted octanol–water partition coefficient (Wildman–Crippen LogP) is 0.843. The Hall–Kier alpha value is -2.21. The molecule has 1 amide bonds. The van der Waals surface area contributed by atoms with Crippen molar-refractivity contribution in [2.24, 2.45) is 0 Å². The summed E-state index contributed by atoms with van der Waals surface area (Å²) >= 11 is 0. The monoisotopic (exact) mass is 276 g/mol. The molecule has 106 valence electrons. The fraction of sp³-hybridized carbons (Fsp3) is 0.357. The van der Waals surface area contributed by atoms with Gasteiger partial charge in [0.15, 0.2) is 6.10 Å². The molecule has 1 aromatic heterocycles. The Kier molecular flexibility index (Phi) is 4.84. The van der Waals surface area contributed by atoms with Crippen LogP contribution in [0.25, 0.3) is 6.08 Å². The molecule has 0 aromatic carbocycles. The summed E-state index contributed by atoms with van der Waals surface area (Å²) in [6.45, 7) is 0.319. The Balaban J connectivity index is 1.73. The first kappa shape index (κ1) is 14.2. The lowest BCUT2D eigenvalue weighted by molar-refractivity contribution is -0.149. The molecule has 0 bridgehead atoms. The lowest BCUT2D eigenvalue weighted by Gasteiger charge is -2.11. The number of pyridine rings is 1. The van der Waals surface area contributed by atoms with Gasteiger partial charge in [-0.3, -0.25) is 9.78 Å². The van der Waals surface area contributed by atoms with Gasteiger partial charge in [0.2, 0.25) is 5.91 Å². The molecule has 2 heterocycles. The first-order valence-electron chi connectivity index (χ1n) is 6.39. The Morgan fingerprint density at radius 3 is 3.00 bits per heavy atom. The highest BCUT2D eigenvalue weighted by Gasteiger charge is 2.30. The number of nitrogens with one attached hydrogen (secondary N) is 1. The van der Waals surface area contributed by atoms with Crippen LogP contribution in [0, 0.1) is 0 Å². The second kappa shape index (κ2) is 6.81. The zero-order valence-electron chi connectivity index (χ0n) is 10.9. The zero-order chi connectivity index (χ0) is 14.4. The number of hydrogen-bond acceptors (Lipinski definition) is 4. The van der Waals surface area contributed by atoms with Crippen molar-refractivity contribution >= 4 is 18.0 Å². The van der Waals surface area contributed by atoms with E-state index in [1.807, 2.05) is 6.07 Å². The Morgan fingerprint density at radius 2 is 2.35 bits per heavy atom. The second-order valence-corrected chi connectivity index (χ2v) is 4.53. The molecule has 2 unspecified atom stereocenters. The van der Waals surface area contributed by atoms with Crippen LogP contribution in [0.4, 0.5) is 0 Å². The summed E-state index contributed by atoms with van der Waals surface area (Å²) in [6.07, 6.45) is 6.55. The van der Waals surface area contributed by atoms with Crippen molar-refractivity contribution in [1.82, 2.24) is 10.3 Å². The maximum atomic E-state index is 11.6. The highest BCUT2D eigenvalue weighted by Crippen LogP contribution is 2.19. The van der Waals surface area contributed by atoms with E-state index in [2.05, 4.69) is 10.3 Å². The Bertz CT molecular complexity index is 501. The summed E-state index contributed by atoms with van der Waals surface area (Å²) in [5.41, 5.74) is 0.839. The lowest BCUT2D eigenvalue weighted by atomic mass is 10.2. The summed E-state index contributed by atoms with van der Waals surface area (Å²) in [5.74, 6) is -1.19. The number of rotatable bonds is 5. The molecule has 0 saturated carbocycles. The van der Waals surface area contributed by atoms with Gasteiger partial charge >= 0.3 is 5.97 Å². The van der Waals surface area contributed by atoms with Crippen molar-refractivity contribution in [3.8, 4) is 0 Å². The summed E-state index contributed by atoms with van der Waals surface area (Å²) < 4.78 is 5.29. The molecule has 1 fully saturated rings. The summed E-state index contributed by atoms with van der Waals surface area (Å²) in [7, 11) is 0. The van der Waals surface area contributed by atoms with Crippen molar-refractivity contribution in [1.29, 1.82) is 0 Å². The molecular weight excluding hydrogens is 260 g/mol. The third-order valence-corrected chi connectivity index (χ3v) is 3.00. The molecule has 2 N–H and O–H groups in total. The average molecular weight is 276 g/mol. The smallest absolute Gasteiger partial charge is 0.332 e. The number of aliphatic carboxylic acids is 1. The third-order valence-electron chi connectivity index (χ3n) is 3.00. The van der Waals surface area contributed by atoms with E-state index < -0.39 is 12.1 Å². The summed E-state index contributed by atoms with van der Waals surface area (Å²) in [6, 6.07) is 3.63. The standard InChI is InChI=1S/C14H16N2O4/c17-13(6-3-10-2-1-7-15-8-10)16-9-11-4-5-12(20-11)14(18)19/h1-3,6-8,11-12H,4-5,9H2,(H,16,17)(H,18,19)/b6-3+. The van der Waals surface area contributed by atoms with Gasteiger partial charge in [0.25, 0.3) is 0 Å². The normalized spacial score (nSPS) is 22.0. The number of ether oxygens (including phenoxy) is 1. The maximum absolute atomic E-state index is 11.6. The van der Waals surface area contributed by atoms with E-state index in [9.17, 15) is 9.59 Å². The molecule has 0 radical (unpaired) electrons. The van der Waals surface area contributed by atoms with Gasteiger partial charge in [0, 0.05) is 25.0 Å². The molecule has 6 heteroatoms. The van der Waals surface area contributed by atoms with Gasteiger partial charge in [0.05, 0.1) is 6.10 Å². The van der Waals surface area contributed by atoms with Crippen molar-refractivity contribution in [2.45, 2.75) is 25.0 Å². The minimum absolute atomic E-state index is 0.230. The number of carboxylic acid groups (broad SMARTS) is 1. The van der Waals surface area contributed by atoms with Gasteiger partial charge < -0.3 is 15.2 Å². The van der Waals surface area contributed by atoms with Crippen LogP contribution < -0.4 is 5.32 Å². The summed E-state index contributed by atoms with van der Waals surface area (Å²) in [4.78, 5) is 26.3. The molecule has 1 aliphatic rings. The number of amides is 1. The van der Waals surface area contributed by atoms with Crippen LogP contribution in [0.2, 0.25) is 0 Å². The SMILES string of the molecule is O=C(/C=C/c1cccnc1)NCC1CCC(C(=O)O)O1. The quantitative estimate of drug-likeness (QED) is 0.778. The van der Waals surface area contributed by atoms with E-state index >= 15 is 0 Å². The molecule has 2 rings (SSSR count). The minimum Gasteiger partial charge on any atom is -0.479 e. The molecule has 6 nitrogen and oxygen atoms in total. The zero-order valence-corrected chi connectivity index (χ0v) is 10.9. The van der Waals surface area contributed by atoms with Crippen molar-refractivity contribution in [3.63, 3.8) is 0 Å². The molecule has 2 atom stereocenters. The molecule has 1 saturated heterocycles. The fourth-order valence-corrected chi connectivity index (χ4v) is 1.96. The highest BCUT2D eigenvalue weighted by atomic mass is 16.5. The molecule has 20 heavy (non-hydrogen) atoms.